The number of nitrogens with zero attached hydrogens (tertiary/aromatic N) is 2. The molecule has 9 heteroatoms. The van der Waals surface area contributed by atoms with E-state index in [1.165, 1.54) is 6.21 Å². The summed E-state index contributed by atoms with van der Waals surface area (Å²) >= 11 is 3.46. The molecular formula is C28H27BrN4O4. The number of anilines is 1. The maximum Gasteiger partial charge on any atom is 0.287 e. The van der Waals surface area contributed by atoms with E-state index in [0.717, 1.165) is 28.8 Å². The number of fused-ring (bicyclic) bond motifs is 1. The number of amides is 2. The van der Waals surface area contributed by atoms with Crippen molar-refractivity contribution in [2.75, 3.05) is 24.8 Å². The van der Waals surface area contributed by atoms with Crippen LogP contribution in [0.4, 0.5) is 5.69 Å². The molecular weight excluding hydrogens is 536 g/mol. The SMILES string of the molecule is CCN(CC)c1ccc(/C=C(/NC(=O)c2ccccc2)C(=O)N/N=C\c2cc3c(cc2Br)OCO3)cc1. The molecule has 3 aromatic carbocycles. The Morgan fingerprint density at radius 2 is 1.68 bits per heavy atom. The van der Waals surface area contributed by atoms with Crippen LogP contribution in [0, 0.1) is 0 Å². The maximum absolute atomic E-state index is 13.1. The molecule has 2 amide bonds. The second-order valence-corrected chi connectivity index (χ2v) is 8.92. The lowest BCUT2D eigenvalue weighted by molar-refractivity contribution is -0.117. The largest absolute Gasteiger partial charge is 0.454 e. The van der Waals surface area contributed by atoms with E-state index >= 15 is 0 Å². The van der Waals surface area contributed by atoms with Gasteiger partial charge in [-0.05, 0) is 77.8 Å². The van der Waals surface area contributed by atoms with E-state index < -0.39 is 11.8 Å². The van der Waals surface area contributed by atoms with Crippen LogP contribution in [0.25, 0.3) is 6.08 Å². The lowest BCUT2D eigenvalue weighted by atomic mass is 10.1. The summed E-state index contributed by atoms with van der Waals surface area (Å²) in [5, 5.41) is 6.80. The highest BCUT2D eigenvalue weighted by molar-refractivity contribution is 9.10. The molecule has 0 unspecified atom stereocenters. The summed E-state index contributed by atoms with van der Waals surface area (Å²) in [7, 11) is 0. The zero-order chi connectivity index (χ0) is 26.2. The van der Waals surface area contributed by atoms with Crippen molar-refractivity contribution >= 4 is 45.7 Å². The molecule has 0 saturated heterocycles. The first kappa shape index (κ1) is 26.0. The Morgan fingerprint density at radius 3 is 2.35 bits per heavy atom. The standard InChI is InChI=1S/C28H27BrN4O4/c1-3-33(4-2)22-12-10-19(11-13-22)14-24(31-27(34)20-8-6-5-7-9-20)28(35)32-30-17-21-15-25-26(16-23(21)29)37-18-36-25/h5-17H,3-4,18H2,1-2H3,(H,31,34)(H,32,35)/b24-14+,30-17-. The number of hydrogen-bond acceptors (Lipinski definition) is 6. The Morgan fingerprint density at radius 1 is 1.00 bits per heavy atom. The Bertz CT molecular complexity index is 1320. The van der Waals surface area contributed by atoms with Gasteiger partial charge in [0.25, 0.3) is 11.8 Å². The minimum atomic E-state index is -0.565. The van der Waals surface area contributed by atoms with Gasteiger partial charge in [0.1, 0.15) is 5.70 Å². The quantitative estimate of drug-likeness (QED) is 0.219. The summed E-state index contributed by atoms with van der Waals surface area (Å²) in [5.41, 5.74) is 5.53. The molecule has 190 valence electrons. The molecule has 4 rings (SSSR count). The molecule has 37 heavy (non-hydrogen) atoms. The summed E-state index contributed by atoms with van der Waals surface area (Å²) in [6.45, 7) is 6.14. The van der Waals surface area contributed by atoms with Crippen LogP contribution >= 0.6 is 15.9 Å². The topological polar surface area (TPSA) is 92.3 Å². The van der Waals surface area contributed by atoms with Crippen molar-refractivity contribution in [3.8, 4) is 11.5 Å². The van der Waals surface area contributed by atoms with Gasteiger partial charge in [0.2, 0.25) is 6.79 Å². The van der Waals surface area contributed by atoms with Crippen LogP contribution in [0.15, 0.2) is 82.0 Å². The molecule has 3 aromatic rings. The smallest absolute Gasteiger partial charge is 0.287 e. The van der Waals surface area contributed by atoms with Gasteiger partial charge in [0.15, 0.2) is 11.5 Å². The molecule has 0 fully saturated rings. The van der Waals surface area contributed by atoms with Gasteiger partial charge in [-0.1, -0.05) is 30.3 Å². The Kier molecular flexibility index (Phi) is 8.58. The van der Waals surface area contributed by atoms with Gasteiger partial charge in [-0.15, -0.1) is 0 Å². The number of halogens is 1. The van der Waals surface area contributed by atoms with Crippen molar-refractivity contribution in [1.82, 2.24) is 10.7 Å². The van der Waals surface area contributed by atoms with Crippen LogP contribution in [0.3, 0.4) is 0 Å². The number of benzene rings is 3. The summed E-state index contributed by atoms with van der Waals surface area (Å²) in [5.74, 6) is 0.267. The summed E-state index contributed by atoms with van der Waals surface area (Å²) in [6.07, 6.45) is 3.10. The van der Waals surface area contributed by atoms with Gasteiger partial charge in [0, 0.05) is 34.4 Å². The predicted octanol–water partition coefficient (Wildman–Crippen LogP) is 4.95. The van der Waals surface area contributed by atoms with Crippen LogP contribution in [-0.4, -0.2) is 37.9 Å². The highest BCUT2D eigenvalue weighted by Crippen LogP contribution is 2.36. The second-order valence-electron chi connectivity index (χ2n) is 8.07. The van der Waals surface area contributed by atoms with Crippen molar-refractivity contribution in [1.29, 1.82) is 0 Å². The first-order valence-electron chi connectivity index (χ1n) is 11.8. The Labute approximate surface area is 224 Å². The molecule has 0 saturated carbocycles. The molecule has 0 atom stereocenters. The van der Waals surface area contributed by atoms with Gasteiger partial charge < -0.3 is 19.7 Å². The minimum absolute atomic E-state index is 0.0614. The lowest BCUT2D eigenvalue weighted by Gasteiger charge is -2.21. The molecule has 0 spiro atoms. The Hall–Kier alpha value is -4.11. The zero-order valence-corrected chi connectivity index (χ0v) is 22.1. The maximum atomic E-state index is 13.1. The van der Waals surface area contributed by atoms with E-state index in [2.05, 4.69) is 50.5 Å². The zero-order valence-electron chi connectivity index (χ0n) is 20.5. The number of hydrazone groups is 1. The summed E-state index contributed by atoms with van der Waals surface area (Å²) in [4.78, 5) is 28.1. The molecule has 2 N–H and O–H groups in total. The normalized spacial score (nSPS) is 12.5. The number of rotatable bonds is 9. The predicted molar refractivity (Wildman–Crippen MR) is 148 cm³/mol. The van der Waals surface area contributed by atoms with Crippen molar-refractivity contribution in [3.05, 3.63) is 93.6 Å². The third-order valence-corrected chi connectivity index (χ3v) is 6.41. The monoisotopic (exact) mass is 562 g/mol. The van der Waals surface area contributed by atoms with Crippen LogP contribution in [0.5, 0.6) is 11.5 Å². The van der Waals surface area contributed by atoms with Crippen molar-refractivity contribution < 1.29 is 19.1 Å². The van der Waals surface area contributed by atoms with Gasteiger partial charge in [-0.2, -0.15) is 5.10 Å². The van der Waals surface area contributed by atoms with E-state index in [0.29, 0.717) is 22.6 Å². The van der Waals surface area contributed by atoms with E-state index in [1.54, 1.807) is 42.5 Å². The fourth-order valence-corrected chi connectivity index (χ4v) is 4.16. The van der Waals surface area contributed by atoms with Crippen molar-refractivity contribution in [2.24, 2.45) is 5.10 Å². The first-order valence-corrected chi connectivity index (χ1v) is 12.6. The highest BCUT2D eigenvalue weighted by atomic mass is 79.9. The van der Waals surface area contributed by atoms with Gasteiger partial charge in [-0.25, -0.2) is 5.43 Å². The van der Waals surface area contributed by atoms with Crippen LogP contribution in [-0.2, 0) is 4.79 Å². The first-order chi connectivity index (χ1) is 18.0. The van der Waals surface area contributed by atoms with Gasteiger partial charge in [-0.3, -0.25) is 9.59 Å². The number of ether oxygens (including phenoxy) is 2. The average molecular weight is 563 g/mol. The molecule has 0 aromatic heterocycles. The second kappa shape index (κ2) is 12.2. The van der Waals surface area contributed by atoms with E-state index in [1.807, 2.05) is 30.3 Å². The molecule has 1 aliphatic heterocycles. The lowest BCUT2D eigenvalue weighted by Crippen LogP contribution is -2.32. The molecule has 8 nitrogen and oxygen atoms in total. The summed E-state index contributed by atoms with van der Waals surface area (Å²) in [6, 6.07) is 20.0. The minimum Gasteiger partial charge on any atom is -0.454 e. The van der Waals surface area contributed by atoms with Gasteiger partial charge >= 0.3 is 0 Å². The number of nitrogens with one attached hydrogen (secondary N) is 2. The van der Waals surface area contributed by atoms with Crippen LogP contribution in [0.2, 0.25) is 0 Å². The molecule has 0 bridgehead atoms. The van der Waals surface area contributed by atoms with Crippen molar-refractivity contribution in [3.63, 3.8) is 0 Å². The van der Waals surface area contributed by atoms with Crippen molar-refractivity contribution in [2.45, 2.75) is 13.8 Å². The average Bonchev–Trinajstić information content (AvgIpc) is 3.37. The Balaban J connectivity index is 1.54. The fraction of sp³-hybridized carbons (Fsp3) is 0.179. The van der Waals surface area contributed by atoms with Gasteiger partial charge in [0.05, 0.1) is 6.21 Å². The third-order valence-electron chi connectivity index (χ3n) is 5.72. The highest BCUT2D eigenvalue weighted by Gasteiger charge is 2.17. The molecule has 1 aliphatic rings. The van der Waals surface area contributed by atoms with Crippen LogP contribution in [0.1, 0.15) is 35.3 Å². The number of carbonyl (C=O) groups is 2. The number of hydrogen-bond donors (Lipinski definition) is 2. The number of carbonyl (C=O) groups excluding carboxylic acids is 2. The molecule has 0 radical (unpaired) electrons. The van der Waals surface area contributed by atoms with Crippen LogP contribution < -0.4 is 25.1 Å². The fourth-order valence-electron chi connectivity index (χ4n) is 3.73. The summed E-state index contributed by atoms with van der Waals surface area (Å²) < 4.78 is 11.5. The molecule has 1 heterocycles. The molecule has 0 aliphatic carbocycles. The van der Waals surface area contributed by atoms with E-state index in [9.17, 15) is 9.59 Å². The third kappa shape index (κ3) is 6.56. The van der Waals surface area contributed by atoms with E-state index in [4.69, 9.17) is 9.47 Å². The van der Waals surface area contributed by atoms with E-state index in [-0.39, 0.29) is 12.5 Å².